The number of benzene rings is 7. The van der Waals surface area contributed by atoms with Crippen molar-refractivity contribution < 1.29 is 4.42 Å². The molecular formula is C49H31N3O. The summed E-state index contributed by atoms with van der Waals surface area (Å²) in [4.78, 5) is 14.8. The van der Waals surface area contributed by atoms with E-state index in [4.69, 9.17) is 14.4 Å². The van der Waals surface area contributed by atoms with Crippen molar-refractivity contribution in [3.05, 3.63) is 188 Å². The fourth-order valence-electron chi connectivity index (χ4n) is 7.48. The highest BCUT2D eigenvalue weighted by atomic mass is 16.3. The number of rotatable bonds is 6. The van der Waals surface area contributed by atoms with Crippen molar-refractivity contribution in [2.24, 2.45) is 0 Å². The van der Waals surface area contributed by atoms with E-state index in [9.17, 15) is 0 Å². The summed E-state index contributed by atoms with van der Waals surface area (Å²) in [5.74, 6) is 0.666. The standard InChI is InChI=1S/C49H31N3O/c1-2-13-34(14-3-1)49-51-45(31-46(52-49)42-18-7-6-17-39(42)33-24-26-50-27-25-33)37-29-35(40-20-10-15-32-12-4-5-16-38(32)40)28-36(30-37)41-21-11-22-44-43-19-8-9-23-47(43)53-48(41)44/h1-31H. The Kier molecular flexibility index (Phi) is 7.43. The fraction of sp³-hybridized carbons (Fsp3) is 0. The second-order valence-corrected chi connectivity index (χ2v) is 13.2. The first-order chi connectivity index (χ1) is 26.3. The molecule has 4 heteroatoms. The Hall–Kier alpha value is -7.17. The Bertz CT molecular complexity index is 2940. The van der Waals surface area contributed by atoms with Gasteiger partial charge >= 0.3 is 0 Å². The van der Waals surface area contributed by atoms with Gasteiger partial charge in [0.2, 0.25) is 0 Å². The van der Waals surface area contributed by atoms with E-state index in [1.807, 2.05) is 54.9 Å². The molecule has 0 aliphatic heterocycles. The highest BCUT2D eigenvalue weighted by molar-refractivity contribution is 6.10. The summed E-state index contributed by atoms with van der Waals surface area (Å²) < 4.78 is 6.58. The summed E-state index contributed by atoms with van der Waals surface area (Å²) in [6.45, 7) is 0. The zero-order chi connectivity index (χ0) is 35.1. The van der Waals surface area contributed by atoms with Crippen LogP contribution in [0.3, 0.4) is 0 Å². The van der Waals surface area contributed by atoms with E-state index in [-0.39, 0.29) is 0 Å². The molecule has 4 nitrogen and oxygen atoms in total. The predicted octanol–water partition coefficient (Wildman–Crippen LogP) is 12.9. The zero-order valence-electron chi connectivity index (χ0n) is 28.6. The number of furan rings is 1. The van der Waals surface area contributed by atoms with E-state index in [1.165, 1.54) is 10.8 Å². The fourth-order valence-corrected chi connectivity index (χ4v) is 7.48. The smallest absolute Gasteiger partial charge is 0.160 e. The van der Waals surface area contributed by atoms with E-state index < -0.39 is 0 Å². The molecule has 7 aromatic carbocycles. The minimum atomic E-state index is 0.666. The minimum Gasteiger partial charge on any atom is -0.455 e. The molecule has 3 aromatic heterocycles. The van der Waals surface area contributed by atoms with Crippen LogP contribution in [0.15, 0.2) is 193 Å². The van der Waals surface area contributed by atoms with Crippen LogP contribution in [0.25, 0.3) is 100.0 Å². The molecule has 0 saturated heterocycles. The van der Waals surface area contributed by atoms with Gasteiger partial charge in [-0.25, -0.2) is 9.97 Å². The number of pyridine rings is 1. The van der Waals surface area contributed by atoms with Crippen LogP contribution in [-0.2, 0) is 0 Å². The molecule has 0 aliphatic rings. The molecule has 248 valence electrons. The van der Waals surface area contributed by atoms with E-state index >= 15 is 0 Å². The molecule has 0 saturated carbocycles. The van der Waals surface area contributed by atoms with E-state index in [0.29, 0.717) is 5.82 Å². The van der Waals surface area contributed by atoms with Crippen LogP contribution in [0.5, 0.6) is 0 Å². The number of aromatic nitrogens is 3. The normalized spacial score (nSPS) is 11.4. The molecule has 0 atom stereocenters. The topological polar surface area (TPSA) is 51.8 Å². The molecule has 10 rings (SSSR count). The highest BCUT2D eigenvalue weighted by Gasteiger charge is 2.18. The highest BCUT2D eigenvalue weighted by Crippen LogP contribution is 2.41. The molecule has 0 N–H and O–H groups in total. The first kappa shape index (κ1) is 30.6. The molecule has 0 amide bonds. The van der Waals surface area contributed by atoms with Gasteiger partial charge < -0.3 is 4.42 Å². The van der Waals surface area contributed by atoms with Crippen molar-refractivity contribution in [3.8, 4) is 67.3 Å². The van der Waals surface area contributed by atoms with Gasteiger partial charge in [0.05, 0.1) is 11.4 Å². The van der Waals surface area contributed by atoms with Crippen molar-refractivity contribution in [3.63, 3.8) is 0 Å². The second-order valence-electron chi connectivity index (χ2n) is 13.2. The Labute approximate surface area is 306 Å². The maximum Gasteiger partial charge on any atom is 0.160 e. The van der Waals surface area contributed by atoms with E-state index in [0.717, 1.165) is 83.4 Å². The van der Waals surface area contributed by atoms with Crippen molar-refractivity contribution in [2.45, 2.75) is 0 Å². The predicted molar refractivity (Wildman–Crippen MR) is 217 cm³/mol. The summed E-state index contributed by atoms with van der Waals surface area (Å²) >= 11 is 0. The van der Waals surface area contributed by atoms with E-state index in [2.05, 4.69) is 138 Å². The number of fused-ring (bicyclic) bond motifs is 4. The molecular weight excluding hydrogens is 647 g/mol. The quantitative estimate of drug-likeness (QED) is 0.176. The summed E-state index contributed by atoms with van der Waals surface area (Å²) in [5.41, 5.74) is 12.9. The monoisotopic (exact) mass is 677 g/mol. The average molecular weight is 678 g/mol. The van der Waals surface area contributed by atoms with Crippen molar-refractivity contribution >= 4 is 32.7 Å². The Morgan fingerprint density at radius 1 is 0.358 bits per heavy atom. The Morgan fingerprint density at radius 2 is 0.962 bits per heavy atom. The maximum absolute atomic E-state index is 6.58. The van der Waals surface area contributed by atoms with Gasteiger partial charge in [0, 0.05) is 45.4 Å². The van der Waals surface area contributed by atoms with Gasteiger partial charge in [0.1, 0.15) is 11.2 Å². The molecule has 0 fully saturated rings. The third-order valence-corrected chi connectivity index (χ3v) is 10.00. The van der Waals surface area contributed by atoms with Crippen LogP contribution in [0, 0.1) is 0 Å². The zero-order valence-corrected chi connectivity index (χ0v) is 28.6. The van der Waals surface area contributed by atoms with Gasteiger partial charge in [-0.15, -0.1) is 0 Å². The summed E-state index contributed by atoms with van der Waals surface area (Å²) in [6, 6.07) is 61.4. The molecule has 0 unspecified atom stereocenters. The summed E-state index contributed by atoms with van der Waals surface area (Å²) in [7, 11) is 0. The third kappa shape index (κ3) is 5.54. The van der Waals surface area contributed by atoms with Gasteiger partial charge in [-0.05, 0) is 81.1 Å². The lowest BCUT2D eigenvalue weighted by atomic mass is 9.91. The number of hydrogen-bond acceptors (Lipinski definition) is 4. The lowest BCUT2D eigenvalue weighted by Gasteiger charge is -2.15. The van der Waals surface area contributed by atoms with Crippen LogP contribution in [-0.4, -0.2) is 15.0 Å². The Morgan fingerprint density at radius 3 is 1.83 bits per heavy atom. The van der Waals surface area contributed by atoms with Crippen LogP contribution in [0.4, 0.5) is 0 Å². The first-order valence-corrected chi connectivity index (χ1v) is 17.8. The van der Waals surface area contributed by atoms with Gasteiger partial charge in [-0.1, -0.05) is 133 Å². The van der Waals surface area contributed by atoms with Crippen LogP contribution < -0.4 is 0 Å². The van der Waals surface area contributed by atoms with Gasteiger partial charge in [-0.3, -0.25) is 4.98 Å². The number of para-hydroxylation sites is 2. The third-order valence-electron chi connectivity index (χ3n) is 10.00. The lowest BCUT2D eigenvalue weighted by Crippen LogP contribution is -1.97. The molecule has 10 aromatic rings. The molecule has 0 radical (unpaired) electrons. The van der Waals surface area contributed by atoms with Crippen LogP contribution in [0.1, 0.15) is 0 Å². The summed E-state index contributed by atoms with van der Waals surface area (Å²) in [5, 5.41) is 4.59. The second kappa shape index (κ2) is 12.9. The number of nitrogens with zero attached hydrogens (tertiary/aromatic N) is 3. The number of hydrogen-bond donors (Lipinski definition) is 0. The molecule has 0 bridgehead atoms. The molecule has 53 heavy (non-hydrogen) atoms. The first-order valence-electron chi connectivity index (χ1n) is 17.8. The summed E-state index contributed by atoms with van der Waals surface area (Å²) in [6.07, 6.45) is 3.66. The Balaban J connectivity index is 1.25. The van der Waals surface area contributed by atoms with Crippen molar-refractivity contribution in [2.75, 3.05) is 0 Å². The lowest BCUT2D eigenvalue weighted by molar-refractivity contribution is 0.670. The minimum absolute atomic E-state index is 0.666. The molecule has 3 heterocycles. The van der Waals surface area contributed by atoms with Crippen molar-refractivity contribution in [1.29, 1.82) is 0 Å². The van der Waals surface area contributed by atoms with Crippen LogP contribution >= 0.6 is 0 Å². The van der Waals surface area contributed by atoms with Gasteiger partial charge in [-0.2, -0.15) is 0 Å². The molecule has 0 aliphatic carbocycles. The SMILES string of the molecule is c1ccc(-c2nc(-c3cc(-c4cccc5ccccc45)cc(-c4cccc5c4oc4ccccc45)c3)cc(-c3ccccc3-c3ccncc3)n2)cc1. The van der Waals surface area contributed by atoms with Crippen LogP contribution in [0.2, 0.25) is 0 Å². The van der Waals surface area contributed by atoms with Gasteiger partial charge in [0.15, 0.2) is 5.82 Å². The largest absolute Gasteiger partial charge is 0.455 e. The molecule has 0 spiro atoms. The van der Waals surface area contributed by atoms with Crippen molar-refractivity contribution in [1.82, 2.24) is 15.0 Å². The van der Waals surface area contributed by atoms with E-state index in [1.54, 1.807) is 0 Å². The maximum atomic E-state index is 6.58. The van der Waals surface area contributed by atoms with Gasteiger partial charge in [0.25, 0.3) is 0 Å². The average Bonchev–Trinajstić information content (AvgIpc) is 3.63.